The third kappa shape index (κ3) is 4.62. The SMILES string of the molecule is Cc1cccc(Cc2cccc(C3=CC=C(CCc4ccccc4)C3)n2)c1. The van der Waals surface area contributed by atoms with Gasteiger partial charge >= 0.3 is 0 Å². The lowest BCUT2D eigenvalue weighted by molar-refractivity contribution is 0.920. The van der Waals surface area contributed by atoms with Crippen LogP contribution in [0.5, 0.6) is 0 Å². The Kier molecular flexibility index (Phi) is 5.29. The van der Waals surface area contributed by atoms with Gasteiger partial charge in [0.25, 0.3) is 0 Å². The van der Waals surface area contributed by atoms with Gasteiger partial charge in [0.2, 0.25) is 0 Å². The van der Waals surface area contributed by atoms with Gasteiger partial charge in [-0.25, -0.2) is 0 Å². The molecule has 1 aromatic heterocycles. The summed E-state index contributed by atoms with van der Waals surface area (Å²) in [5.41, 5.74) is 9.12. The molecular weight excluding hydrogens is 326 g/mol. The fraction of sp³-hybridized carbons (Fsp3) is 0.192. The maximum absolute atomic E-state index is 4.93. The number of pyridine rings is 1. The topological polar surface area (TPSA) is 12.9 Å². The molecule has 1 nitrogen and oxygen atoms in total. The van der Waals surface area contributed by atoms with Crippen LogP contribution in [0.3, 0.4) is 0 Å². The number of rotatable bonds is 6. The van der Waals surface area contributed by atoms with Crippen LogP contribution < -0.4 is 0 Å². The van der Waals surface area contributed by atoms with Crippen LogP contribution in [0.15, 0.2) is 90.5 Å². The average Bonchev–Trinajstić information content (AvgIpc) is 3.17. The van der Waals surface area contributed by atoms with Gasteiger partial charge in [-0.1, -0.05) is 84.0 Å². The molecule has 0 spiro atoms. The average molecular weight is 351 g/mol. The molecule has 3 aromatic rings. The number of aromatic nitrogens is 1. The number of allylic oxidation sites excluding steroid dienone is 4. The number of hydrogen-bond donors (Lipinski definition) is 0. The monoisotopic (exact) mass is 351 g/mol. The molecule has 0 saturated heterocycles. The summed E-state index contributed by atoms with van der Waals surface area (Å²) in [5.74, 6) is 0. The first-order chi connectivity index (χ1) is 13.3. The van der Waals surface area contributed by atoms with Crippen LogP contribution in [-0.4, -0.2) is 4.98 Å². The molecule has 27 heavy (non-hydrogen) atoms. The van der Waals surface area contributed by atoms with E-state index in [1.165, 1.54) is 27.8 Å². The zero-order chi connectivity index (χ0) is 18.5. The molecule has 2 aromatic carbocycles. The van der Waals surface area contributed by atoms with E-state index in [9.17, 15) is 0 Å². The van der Waals surface area contributed by atoms with Crippen LogP contribution in [-0.2, 0) is 12.8 Å². The molecule has 0 fully saturated rings. The molecule has 1 heterocycles. The highest BCUT2D eigenvalue weighted by Gasteiger charge is 2.12. The Hall–Kier alpha value is -2.93. The molecular formula is C26H25N. The van der Waals surface area contributed by atoms with Crippen molar-refractivity contribution in [3.63, 3.8) is 0 Å². The van der Waals surface area contributed by atoms with Crippen LogP contribution in [0.1, 0.15) is 40.9 Å². The van der Waals surface area contributed by atoms with Crippen molar-refractivity contribution in [2.24, 2.45) is 0 Å². The van der Waals surface area contributed by atoms with E-state index >= 15 is 0 Å². The molecule has 1 aliphatic rings. The normalized spacial score (nSPS) is 13.4. The highest BCUT2D eigenvalue weighted by molar-refractivity contribution is 5.70. The summed E-state index contributed by atoms with van der Waals surface area (Å²) in [6, 6.07) is 25.8. The third-order valence-electron chi connectivity index (χ3n) is 5.12. The van der Waals surface area contributed by atoms with Gasteiger partial charge < -0.3 is 0 Å². The van der Waals surface area contributed by atoms with Crippen molar-refractivity contribution in [2.75, 3.05) is 0 Å². The van der Waals surface area contributed by atoms with E-state index in [2.05, 4.69) is 91.9 Å². The van der Waals surface area contributed by atoms with E-state index in [0.717, 1.165) is 37.1 Å². The van der Waals surface area contributed by atoms with Crippen molar-refractivity contribution in [2.45, 2.75) is 32.6 Å². The van der Waals surface area contributed by atoms with Crippen molar-refractivity contribution in [3.8, 4) is 0 Å². The van der Waals surface area contributed by atoms with Crippen molar-refractivity contribution in [3.05, 3.63) is 119 Å². The molecule has 134 valence electrons. The first-order valence-electron chi connectivity index (χ1n) is 9.71. The summed E-state index contributed by atoms with van der Waals surface area (Å²) in [4.78, 5) is 4.93. The van der Waals surface area contributed by atoms with E-state index < -0.39 is 0 Å². The van der Waals surface area contributed by atoms with Gasteiger partial charge in [-0.3, -0.25) is 4.98 Å². The van der Waals surface area contributed by atoms with Crippen LogP contribution in [0.2, 0.25) is 0 Å². The van der Waals surface area contributed by atoms with Crippen LogP contribution in [0, 0.1) is 6.92 Å². The van der Waals surface area contributed by atoms with Gasteiger partial charge in [-0.15, -0.1) is 0 Å². The van der Waals surface area contributed by atoms with Gasteiger partial charge in [0, 0.05) is 12.1 Å². The molecule has 4 rings (SSSR count). The lowest BCUT2D eigenvalue weighted by Crippen LogP contribution is -1.97. The summed E-state index contributed by atoms with van der Waals surface area (Å²) in [7, 11) is 0. The highest BCUT2D eigenvalue weighted by Crippen LogP contribution is 2.29. The molecule has 0 N–H and O–H groups in total. The van der Waals surface area contributed by atoms with Gasteiger partial charge in [0.05, 0.1) is 5.69 Å². The minimum absolute atomic E-state index is 0.886. The summed E-state index contributed by atoms with van der Waals surface area (Å²) in [6.07, 6.45) is 8.67. The number of hydrogen-bond acceptors (Lipinski definition) is 1. The van der Waals surface area contributed by atoms with E-state index in [1.54, 1.807) is 0 Å². The smallest absolute Gasteiger partial charge is 0.0668 e. The lowest BCUT2D eigenvalue weighted by Gasteiger charge is -2.08. The second-order valence-electron chi connectivity index (χ2n) is 7.36. The first-order valence-corrected chi connectivity index (χ1v) is 9.71. The lowest BCUT2D eigenvalue weighted by atomic mass is 10.0. The Morgan fingerprint density at radius 2 is 1.59 bits per heavy atom. The van der Waals surface area contributed by atoms with Crippen molar-refractivity contribution in [1.29, 1.82) is 0 Å². The Morgan fingerprint density at radius 3 is 2.44 bits per heavy atom. The summed E-state index contributed by atoms with van der Waals surface area (Å²) >= 11 is 0. The largest absolute Gasteiger partial charge is 0.253 e. The fourth-order valence-corrected chi connectivity index (χ4v) is 3.67. The maximum atomic E-state index is 4.93. The molecule has 0 atom stereocenters. The minimum Gasteiger partial charge on any atom is -0.253 e. The predicted octanol–water partition coefficient (Wildman–Crippen LogP) is 6.33. The highest BCUT2D eigenvalue weighted by atomic mass is 14.7. The molecule has 0 saturated carbocycles. The van der Waals surface area contributed by atoms with Crippen molar-refractivity contribution >= 4 is 5.57 Å². The molecule has 0 unspecified atom stereocenters. The molecule has 0 aliphatic heterocycles. The molecule has 1 aliphatic carbocycles. The fourth-order valence-electron chi connectivity index (χ4n) is 3.67. The van der Waals surface area contributed by atoms with E-state index in [0.29, 0.717) is 0 Å². The second kappa shape index (κ2) is 8.18. The van der Waals surface area contributed by atoms with Crippen LogP contribution >= 0.6 is 0 Å². The zero-order valence-electron chi connectivity index (χ0n) is 15.9. The first kappa shape index (κ1) is 17.5. The van der Waals surface area contributed by atoms with Crippen molar-refractivity contribution < 1.29 is 0 Å². The zero-order valence-corrected chi connectivity index (χ0v) is 15.9. The molecule has 1 heteroatoms. The van der Waals surface area contributed by atoms with Gasteiger partial charge in [0.15, 0.2) is 0 Å². The van der Waals surface area contributed by atoms with Crippen molar-refractivity contribution in [1.82, 2.24) is 4.98 Å². The quantitative estimate of drug-likeness (QED) is 0.506. The van der Waals surface area contributed by atoms with Gasteiger partial charge in [-0.05, 0) is 55.0 Å². The van der Waals surface area contributed by atoms with Crippen LogP contribution in [0.4, 0.5) is 0 Å². The van der Waals surface area contributed by atoms with Gasteiger partial charge in [0.1, 0.15) is 0 Å². The van der Waals surface area contributed by atoms with Crippen LogP contribution in [0.25, 0.3) is 5.57 Å². The Bertz CT molecular complexity index is 980. The third-order valence-corrected chi connectivity index (χ3v) is 5.12. The standard InChI is InChI=1S/C26H25N/c1-20-7-5-10-23(17-20)19-25-11-6-12-26(27-25)24-16-15-22(18-24)14-13-21-8-3-2-4-9-21/h2-12,15-17H,13-14,18-19H2,1H3. The molecule has 0 radical (unpaired) electrons. The second-order valence-corrected chi connectivity index (χ2v) is 7.36. The number of nitrogens with zero attached hydrogens (tertiary/aromatic N) is 1. The van der Waals surface area contributed by atoms with Gasteiger partial charge in [-0.2, -0.15) is 0 Å². The number of benzene rings is 2. The van der Waals surface area contributed by atoms with E-state index in [4.69, 9.17) is 4.98 Å². The predicted molar refractivity (Wildman–Crippen MR) is 114 cm³/mol. The van der Waals surface area contributed by atoms with E-state index in [-0.39, 0.29) is 0 Å². The van der Waals surface area contributed by atoms with E-state index in [1.807, 2.05) is 0 Å². The summed E-state index contributed by atoms with van der Waals surface area (Å²) < 4.78 is 0. The Labute approximate surface area is 162 Å². The summed E-state index contributed by atoms with van der Waals surface area (Å²) in [6.45, 7) is 2.14. The Balaban J connectivity index is 1.38. The number of aryl methyl sites for hydroxylation is 2. The summed E-state index contributed by atoms with van der Waals surface area (Å²) in [5, 5.41) is 0. The Morgan fingerprint density at radius 1 is 0.778 bits per heavy atom. The maximum Gasteiger partial charge on any atom is 0.0668 e. The molecule has 0 amide bonds. The minimum atomic E-state index is 0.886. The molecule has 0 bridgehead atoms.